The summed E-state index contributed by atoms with van der Waals surface area (Å²) in [5.41, 5.74) is 6.93. The van der Waals surface area contributed by atoms with Gasteiger partial charge in [0.05, 0.1) is 4.90 Å². The summed E-state index contributed by atoms with van der Waals surface area (Å²) in [5, 5.41) is 0. The lowest BCUT2D eigenvalue weighted by atomic mass is 9.90. The third kappa shape index (κ3) is 4.77. The lowest BCUT2D eigenvalue weighted by Gasteiger charge is -2.24. The van der Waals surface area contributed by atoms with Gasteiger partial charge in [-0.1, -0.05) is 19.9 Å². The summed E-state index contributed by atoms with van der Waals surface area (Å²) in [6.07, 6.45) is 0.780. The van der Waals surface area contributed by atoms with E-state index in [0.717, 1.165) is 12.0 Å². The number of ether oxygens (including phenoxy) is 1. The number of rotatable bonds is 7. The molecule has 3 N–H and O–H groups in total. The maximum atomic E-state index is 12.2. The normalized spacial score (nSPS) is 12.6. The molecule has 0 aliphatic rings. The maximum Gasteiger partial charge on any atom is 0.240 e. The Morgan fingerprint density at radius 2 is 2.00 bits per heavy atom. The van der Waals surface area contributed by atoms with E-state index in [2.05, 4.69) is 4.72 Å². The van der Waals surface area contributed by atoms with Crippen molar-refractivity contribution in [1.82, 2.24) is 4.72 Å². The van der Waals surface area contributed by atoms with Crippen molar-refractivity contribution in [2.45, 2.75) is 32.1 Å². The number of methoxy groups -OCH3 is 1. The van der Waals surface area contributed by atoms with Crippen LogP contribution < -0.4 is 10.5 Å². The van der Waals surface area contributed by atoms with E-state index in [0.29, 0.717) is 18.8 Å². The minimum absolute atomic E-state index is 0.167. The van der Waals surface area contributed by atoms with E-state index in [4.69, 9.17) is 10.5 Å². The summed E-state index contributed by atoms with van der Waals surface area (Å²) in [4.78, 5) is 0.197. The molecule has 0 saturated carbocycles. The molecule has 0 heterocycles. The van der Waals surface area contributed by atoms with Crippen LogP contribution in [-0.2, 0) is 14.8 Å². The van der Waals surface area contributed by atoms with E-state index < -0.39 is 10.0 Å². The molecule has 0 spiro atoms. The molecule has 5 nitrogen and oxygen atoms in total. The highest BCUT2D eigenvalue weighted by molar-refractivity contribution is 7.89. The van der Waals surface area contributed by atoms with Crippen molar-refractivity contribution >= 4 is 15.7 Å². The predicted molar refractivity (Wildman–Crippen MR) is 81.1 cm³/mol. The summed E-state index contributed by atoms with van der Waals surface area (Å²) >= 11 is 0. The number of aryl methyl sites for hydroxylation is 1. The van der Waals surface area contributed by atoms with Crippen molar-refractivity contribution in [1.29, 1.82) is 0 Å². The topological polar surface area (TPSA) is 81.4 Å². The number of sulfonamides is 1. The Morgan fingerprint density at radius 1 is 1.35 bits per heavy atom. The van der Waals surface area contributed by atoms with Gasteiger partial charge < -0.3 is 10.5 Å². The van der Waals surface area contributed by atoms with Crippen LogP contribution in [0.15, 0.2) is 23.1 Å². The summed E-state index contributed by atoms with van der Waals surface area (Å²) in [6.45, 7) is 6.79. The predicted octanol–water partition coefficient (Wildman–Crippen LogP) is 1.92. The zero-order chi connectivity index (χ0) is 15.4. The van der Waals surface area contributed by atoms with Crippen LogP contribution in [0.1, 0.15) is 25.8 Å². The Kier molecular flexibility index (Phi) is 5.56. The lowest BCUT2D eigenvalue weighted by molar-refractivity contribution is 0.153. The Morgan fingerprint density at radius 3 is 2.55 bits per heavy atom. The van der Waals surface area contributed by atoms with Crippen molar-refractivity contribution in [3.63, 3.8) is 0 Å². The van der Waals surface area contributed by atoms with Crippen molar-refractivity contribution in [2.24, 2.45) is 5.41 Å². The Labute approximate surface area is 121 Å². The number of benzene rings is 1. The summed E-state index contributed by atoms with van der Waals surface area (Å²) in [5.74, 6) is 0. The second-order valence-electron chi connectivity index (χ2n) is 5.75. The van der Waals surface area contributed by atoms with Gasteiger partial charge in [0, 0.05) is 25.9 Å². The minimum atomic E-state index is -3.53. The smallest absolute Gasteiger partial charge is 0.240 e. The summed E-state index contributed by atoms with van der Waals surface area (Å²) in [6, 6.07) is 4.76. The van der Waals surface area contributed by atoms with Crippen molar-refractivity contribution < 1.29 is 13.2 Å². The first-order valence-electron chi connectivity index (χ1n) is 6.53. The van der Waals surface area contributed by atoms with Crippen molar-refractivity contribution in [3.05, 3.63) is 23.8 Å². The van der Waals surface area contributed by atoms with Crippen molar-refractivity contribution in [2.75, 3.05) is 26.0 Å². The molecule has 20 heavy (non-hydrogen) atoms. The number of nitrogens with one attached hydrogen (secondary N) is 1. The van der Waals surface area contributed by atoms with Gasteiger partial charge in [-0.25, -0.2) is 13.1 Å². The molecule has 0 saturated heterocycles. The molecule has 1 aromatic carbocycles. The molecule has 0 aliphatic carbocycles. The standard InChI is InChI=1S/C14H24N2O3S/c1-11-5-6-12(9-13(11)15)20(17,18)16-10-14(2,3)7-8-19-4/h5-6,9,16H,7-8,10,15H2,1-4H3. The van der Waals surface area contributed by atoms with Gasteiger partial charge in [-0.15, -0.1) is 0 Å². The minimum Gasteiger partial charge on any atom is -0.398 e. The fourth-order valence-electron chi connectivity index (χ4n) is 1.63. The summed E-state index contributed by atoms with van der Waals surface area (Å²) in [7, 11) is -1.89. The Hall–Kier alpha value is -1.11. The number of hydrogen-bond acceptors (Lipinski definition) is 4. The van der Waals surface area contributed by atoms with Crippen LogP contribution in [0.2, 0.25) is 0 Å². The molecule has 1 aromatic rings. The van der Waals surface area contributed by atoms with Crippen LogP contribution in [0.4, 0.5) is 5.69 Å². The molecule has 0 amide bonds. The first-order valence-corrected chi connectivity index (χ1v) is 8.01. The summed E-state index contributed by atoms with van der Waals surface area (Å²) < 4.78 is 32.1. The molecule has 0 aromatic heterocycles. The molecular formula is C14H24N2O3S. The average molecular weight is 300 g/mol. The average Bonchev–Trinajstić information content (AvgIpc) is 2.37. The van der Waals surface area contributed by atoms with Crippen LogP contribution in [0.5, 0.6) is 0 Å². The monoisotopic (exact) mass is 300 g/mol. The largest absolute Gasteiger partial charge is 0.398 e. The van der Waals surface area contributed by atoms with Gasteiger partial charge >= 0.3 is 0 Å². The molecule has 0 bridgehead atoms. The van der Waals surface area contributed by atoms with Gasteiger partial charge in [-0.3, -0.25) is 0 Å². The Balaban J connectivity index is 2.77. The highest BCUT2D eigenvalue weighted by atomic mass is 32.2. The molecule has 0 unspecified atom stereocenters. The third-order valence-electron chi connectivity index (χ3n) is 3.28. The fourth-order valence-corrected chi connectivity index (χ4v) is 2.90. The van der Waals surface area contributed by atoms with Gasteiger partial charge in [0.15, 0.2) is 0 Å². The second-order valence-corrected chi connectivity index (χ2v) is 7.52. The number of nitrogen functional groups attached to an aromatic ring is 1. The molecule has 1 rings (SSSR count). The van der Waals surface area contributed by atoms with Gasteiger partial charge in [-0.05, 0) is 36.5 Å². The molecule has 0 radical (unpaired) electrons. The van der Waals surface area contributed by atoms with Gasteiger partial charge in [0.1, 0.15) is 0 Å². The number of anilines is 1. The van der Waals surface area contributed by atoms with Crippen LogP contribution in [0.3, 0.4) is 0 Å². The molecule has 0 aliphatic heterocycles. The quantitative estimate of drug-likeness (QED) is 0.754. The van der Waals surface area contributed by atoms with Crippen LogP contribution in [0.25, 0.3) is 0 Å². The fraction of sp³-hybridized carbons (Fsp3) is 0.571. The number of nitrogens with two attached hydrogens (primary N) is 1. The molecule has 0 fully saturated rings. The van der Waals surface area contributed by atoms with E-state index >= 15 is 0 Å². The van der Waals surface area contributed by atoms with E-state index in [1.54, 1.807) is 19.2 Å². The van der Waals surface area contributed by atoms with Gasteiger partial charge in [0.25, 0.3) is 0 Å². The molecule has 6 heteroatoms. The highest BCUT2D eigenvalue weighted by Crippen LogP contribution is 2.21. The van der Waals surface area contributed by atoms with Crippen LogP contribution in [-0.4, -0.2) is 28.7 Å². The third-order valence-corrected chi connectivity index (χ3v) is 4.68. The zero-order valence-electron chi connectivity index (χ0n) is 12.6. The van der Waals surface area contributed by atoms with Gasteiger partial charge in [-0.2, -0.15) is 0 Å². The maximum absolute atomic E-state index is 12.2. The van der Waals surface area contributed by atoms with Gasteiger partial charge in [0.2, 0.25) is 10.0 Å². The Bertz CT molecular complexity index is 554. The lowest BCUT2D eigenvalue weighted by Crippen LogP contribution is -2.34. The second kappa shape index (κ2) is 6.56. The number of hydrogen-bond donors (Lipinski definition) is 2. The SMILES string of the molecule is COCCC(C)(C)CNS(=O)(=O)c1ccc(C)c(N)c1. The van der Waals surface area contributed by atoms with Crippen molar-refractivity contribution in [3.8, 4) is 0 Å². The zero-order valence-corrected chi connectivity index (χ0v) is 13.4. The van der Waals surface area contributed by atoms with E-state index in [-0.39, 0.29) is 10.3 Å². The first-order chi connectivity index (χ1) is 9.18. The highest BCUT2D eigenvalue weighted by Gasteiger charge is 2.22. The van der Waals surface area contributed by atoms with E-state index in [9.17, 15) is 8.42 Å². The van der Waals surface area contributed by atoms with Crippen LogP contribution in [0, 0.1) is 12.3 Å². The first kappa shape index (κ1) is 16.9. The van der Waals surface area contributed by atoms with E-state index in [1.807, 2.05) is 20.8 Å². The van der Waals surface area contributed by atoms with E-state index in [1.165, 1.54) is 6.07 Å². The molecule has 0 atom stereocenters. The van der Waals surface area contributed by atoms with Crippen LogP contribution >= 0.6 is 0 Å². The molecule has 114 valence electrons. The molecular weight excluding hydrogens is 276 g/mol.